The van der Waals surface area contributed by atoms with Crippen molar-refractivity contribution in [1.29, 1.82) is 0 Å². The van der Waals surface area contributed by atoms with Gasteiger partial charge in [-0.25, -0.2) is 4.68 Å². The summed E-state index contributed by atoms with van der Waals surface area (Å²) in [5, 5.41) is 7.61. The van der Waals surface area contributed by atoms with Crippen LogP contribution in [-0.4, -0.2) is 30.0 Å². The average molecular weight is 425 g/mol. The van der Waals surface area contributed by atoms with Crippen LogP contribution in [0.1, 0.15) is 23.2 Å². The minimum absolute atomic E-state index is 0.0674. The summed E-state index contributed by atoms with van der Waals surface area (Å²) < 4.78 is 69.7. The van der Waals surface area contributed by atoms with E-state index in [1.807, 2.05) is 6.92 Å². The van der Waals surface area contributed by atoms with Crippen molar-refractivity contribution in [3.63, 3.8) is 0 Å². The molecule has 3 aromatic rings. The largest absolute Gasteiger partial charge is 0.418 e. The standard InChI is InChI=1S/C19H18F3N3O3S/c1-14-8-10-16(11-9-14)29(26,27)28-12-4-5-15-13-25(24-23-15)18-7-3-2-6-17(18)19(20,21)22/h2-3,6-11,13H,4-5,12H2,1H3. The summed E-state index contributed by atoms with van der Waals surface area (Å²) in [7, 11) is -3.86. The molecule has 29 heavy (non-hydrogen) atoms. The molecule has 0 aliphatic carbocycles. The number of aromatic nitrogens is 3. The lowest BCUT2D eigenvalue weighted by atomic mass is 10.1. The van der Waals surface area contributed by atoms with Gasteiger partial charge in [0.25, 0.3) is 10.1 Å². The van der Waals surface area contributed by atoms with E-state index in [0.29, 0.717) is 18.5 Å². The highest BCUT2D eigenvalue weighted by Gasteiger charge is 2.34. The summed E-state index contributed by atoms with van der Waals surface area (Å²) in [6.07, 6.45) is -2.51. The normalized spacial score (nSPS) is 12.3. The average Bonchev–Trinajstić information content (AvgIpc) is 3.14. The van der Waals surface area contributed by atoms with Crippen molar-refractivity contribution in [2.75, 3.05) is 6.61 Å². The smallest absolute Gasteiger partial charge is 0.266 e. The zero-order chi connectivity index (χ0) is 21.1. The van der Waals surface area contributed by atoms with Crippen molar-refractivity contribution >= 4 is 10.1 Å². The summed E-state index contributed by atoms with van der Waals surface area (Å²) in [5.74, 6) is 0. The highest BCUT2D eigenvalue weighted by atomic mass is 32.2. The molecule has 0 radical (unpaired) electrons. The van der Waals surface area contributed by atoms with Crippen LogP contribution in [0.4, 0.5) is 13.2 Å². The Morgan fingerprint density at radius 3 is 2.45 bits per heavy atom. The van der Waals surface area contributed by atoms with Gasteiger partial charge in [-0.3, -0.25) is 4.18 Å². The van der Waals surface area contributed by atoms with E-state index in [4.69, 9.17) is 4.18 Å². The van der Waals surface area contributed by atoms with Gasteiger partial charge in [-0.1, -0.05) is 35.0 Å². The van der Waals surface area contributed by atoms with Gasteiger partial charge in [-0.05, 0) is 44.0 Å². The number of nitrogens with zero attached hydrogens (tertiary/aromatic N) is 3. The molecule has 0 amide bonds. The number of halogens is 3. The first-order valence-electron chi connectivity index (χ1n) is 8.71. The van der Waals surface area contributed by atoms with Crippen molar-refractivity contribution in [2.45, 2.75) is 30.8 Å². The van der Waals surface area contributed by atoms with Crippen LogP contribution in [0.3, 0.4) is 0 Å². The number of aryl methyl sites for hydroxylation is 2. The first-order valence-corrected chi connectivity index (χ1v) is 10.1. The van der Waals surface area contributed by atoms with E-state index in [9.17, 15) is 21.6 Å². The van der Waals surface area contributed by atoms with Crippen LogP contribution in [0.5, 0.6) is 0 Å². The molecule has 3 rings (SSSR count). The number of benzene rings is 2. The van der Waals surface area contributed by atoms with Crippen LogP contribution < -0.4 is 0 Å². The zero-order valence-corrected chi connectivity index (χ0v) is 16.2. The van der Waals surface area contributed by atoms with Crippen molar-refractivity contribution in [3.05, 3.63) is 71.5 Å². The van der Waals surface area contributed by atoms with E-state index in [2.05, 4.69) is 10.3 Å². The summed E-state index contributed by atoms with van der Waals surface area (Å²) >= 11 is 0. The molecular formula is C19H18F3N3O3S. The van der Waals surface area contributed by atoms with E-state index in [1.54, 1.807) is 12.1 Å². The maximum absolute atomic E-state index is 13.1. The van der Waals surface area contributed by atoms with Crippen LogP contribution >= 0.6 is 0 Å². The van der Waals surface area contributed by atoms with Crippen LogP contribution in [0, 0.1) is 6.92 Å². The number of hydrogen-bond donors (Lipinski definition) is 0. The minimum Gasteiger partial charge on any atom is -0.266 e. The molecule has 0 bridgehead atoms. The molecule has 1 heterocycles. The predicted octanol–water partition coefficient (Wildman–Crippen LogP) is 3.93. The Morgan fingerprint density at radius 2 is 1.76 bits per heavy atom. The fourth-order valence-corrected chi connectivity index (χ4v) is 3.58. The van der Waals surface area contributed by atoms with Gasteiger partial charge in [0.05, 0.1) is 34.6 Å². The van der Waals surface area contributed by atoms with Crippen LogP contribution in [0.25, 0.3) is 5.69 Å². The van der Waals surface area contributed by atoms with E-state index in [-0.39, 0.29) is 17.2 Å². The molecule has 0 fully saturated rings. The lowest BCUT2D eigenvalue weighted by Crippen LogP contribution is -2.11. The van der Waals surface area contributed by atoms with Gasteiger partial charge in [-0.15, -0.1) is 5.10 Å². The van der Waals surface area contributed by atoms with E-state index in [0.717, 1.165) is 16.3 Å². The first kappa shape index (κ1) is 21.0. The number of alkyl halides is 3. The molecule has 6 nitrogen and oxygen atoms in total. The maximum Gasteiger partial charge on any atom is 0.418 e. The summed E-state index contributed by atoms with van der Waals surface area (Å²) in [6.45, 7) is 1.76. The second-order valence-corrected chi connectivity index (χ2v) is 7.98. The number of rotatable bonds is 7. The third-order valence-electron chi connectivity index (χ3n) is 4.12. The molecule has 0 unspecified atom stereocenters. The molecule has 0 saturated heterocycles. The molecule has 0 saturated carbocycles. The van der Waals surface area contributed by atoms with E-state index < -0.39 is 21.9 Å². The lowest BCUT2D eigenvalue weighted by molar-refractivity contribution is -0.137. The van der Waals surface area contributed by atoms with Crippen molar-refractivity contribution in [3.8, 4) is 5.69 Å². The van der Waals surface area contributed by atoms with Crippen molar-refractivity contribution in [1.82, 2.24) is 15.0 Å². The van der Waals surface area contributed by atoms with Crippen molar-refractivity contribution < 1.29 is 25.8 Å². The summed E-state index contributed by atoms with van der Waals surface area (Å²) in [5.41, 5.74) is 0.415. The Bertz CT molecular complexity index is 1080. The predicted molar refractivity (Wildman–Crippen MR) is 99.0 cm³/mol. The molecule has 10 heteroatoms. The number of para-hydroxylation sites is 1. The Hall–Kier alpha value is -2.72. The van der Waals surface area contributed by atoms with Gasteiger partial charge in [0.1, 0.15) is 0 Å². The Morgan fingerprint density at radius 1 is 1.07 bits per heavy atom. The number of hydrogen-bond acceptors (Lipinski definition) is 5. The molecule has 0 atom stereocenters. The summed E-state index contributed by atoms with van der Waals surface area (Å²) in [4.78, 5) is 0.0674. The molecule has 0 spiro atoms. The molecule has 154 valence electrons. The Labute approximate surface area is 166 Å². The molecule has 1 aromatic heterocycles. The second-order valence-electron chi connectivity index (χ2n) is 6.36. The minimum atomic E-state index is -4.51. The molecular weight excluding hydrogens is 407 g/mol. The first-order chi connectivity index (χ1) is 13.7. The Balaban J connectivity index is 1.60. The van der Waals surface area contributed by atoms with Gasteiger partial charge in [-0.2, -0.15) is 21.6 Å². The van der Waals surface area contributed by atoms with Crippen molar-refractivity contribution in [2.24, 2.45) is 0 Å². The highest BCUT2D eigenvalue weighted by Crippen LogP contribution is 2.33. The monoisotopic (exact) mass is 425 g/mol. The fraction of sp³-hybridized carbons (Fsp3) is 0.263. The zero-order valence-electron chi connectivity index (χ0n) is 15.4. The topological polar surface area (TPSA) is 74.1 Å². The third-order valence-corrected chi connectivity index (χ3v) is 5.45. The molecule has 2 aromatic carbocycles. The quantitative estimate of drug-likeness (QED) is 0.424. The second kappa shape index (κ2) is 8.34. The molecule has 0 aliphatic rings. The van der Waals surface area contributed by atoms with E-state index in [1.165, 1.54) is 36.5 Å². The van der Waals surface area contributed by atoms with Gasteiger partial charge in [0, 0.05) is 0 Å². The Kier molecular flexibility index (Phi) is 6.04. The van der Waals surface area contributed by atoms with Gasteiger partial charge >= 0.3 is 6.18 Å². The van der Waals surface area contributed by atoms with Crippen LogP contribution in [0.2, 0.25) is 0 Å². The molecule has 0 aliphatic heterocycles. The third kappa shape index (κ3) is 5.21. The lowest BCUT2D eigenvalue weighted by Gasteiger charge is -2.11. The van der Waals surface area contributed by atoms with Crippen LogP contribution in [0.15, 0.2) is 59.6 Å². The van der Waals surface area contributed by atoms with Gasteiger partial charge in [0.15, 0.2) is 0 Å². The SMILES string of the molecule is Cc1ccc(S(=O)(=O)OCCCc2cn(-c3ccccc3C(F)(F)F)nn2)cc1. The maximum atomic E-state index is 13.1. The molecule has 0 N–H and O–H groups in total. The van der Waals surface area contributed by atoms with Crippen LogP contribution in [-0.2, 0) is 26.9 Å². The van der Waals surface area contributed by atoms with Gasteiger partial charge < -0.3 is 0 Å². The van der Waals surface area contributed by atoms with E-state index >= 15 is 0 Å². The van der Waals surface area contributed by atoms with Gasteiger partial charge in [0.2, 0.25) is 0 Å². The summed E-state index contributed by atoms with van der Waals surface area (Å²) in [6, 6.07) is 11.3. The fourth-order valence-electron chi connectivity index (χ4n) is 2.64. The highest BCUT2D eigenvalue weighted by molar-refractivity contribution is 7.86.